The minimum absolute atomic E-state index is 0.0533. The van der Waals surface area contributed by atoms with Crippen molar-refractivity contribution in [2.24, 2.45) is 5.92 Å². The van der Waals surface area contributed by atoms with Crippen molar-refractivity contribution in [3.8, 4) is 5.75 Å². The fraction of sp³-hybridized carbons (Fsp3) is 0.550. The van der Waals surface area contributed by atoms with E-state index in [0.717, 1.165) is 49.4 Å². The summed E-state index contributed by atoms with van der Waals surface area (Å²) < 4.78 is 5.36. The Morgan fingerprint density at radius 1 is 1.38 bits per heavy atom. The van der Waals surface area contributed by atoms with E-state index in [0.29, 0.717) is 5.91 Å². The van der Waals surface area contributed by atoms with Gasteiger partial charge in [0, 0.05) is 53.6 Å². The number of aromatic amines is 1. The Bertz CT molecular complexity index is 865. The molecule has 1 aromatic carbocycles. The normalized spacial score (nSPS) is 24.2. The number of amides is 1. The second-order valence-electron chi connectivity index (χ2n) is 8.04. The average molecular weight is 355 g/mol. The molecule has 6 heteroatoms. The molecule has 3 N–H and O–H groups in total. The molecule has 1 atom stereocenters. The minimum atomic E-state index is -0.0922. The maximum Gasteiger partial charge on any atom is 0.225 e. The fourth-order valence-electron chi connectivity index (χ4n) is 4.85. The van der Waals surface area contributed by atoms with Crippen molar-refractivity contribution in [1.82, 2.24) is 15.2 Å². The lowest BCUT2D eigenvalue weighted by Gasteiger charge is -2.54. The smallest absolute Gasteiger partial charge is 0.225 e. The van der Waals surface area contributed by atoms with Crippen LogP contribution in [-0.2, 0) is 10.2 Å². The van der Waals surface area contributed by atoms with Gasteiger partial charge in [0.2, 0.25) is 5.91 Å². The second kappa shape index (κ2) is 5.72. The first-order valence-electron chi connectivity index (χ1n) is 9.48. The van der Waals surface area contributed by atoms with Gasteiger partial charge in [0.05, 0.1) is 19.8 Å². The minimum Gasteiger partial charge on any atom is -0.497 e. The number of benzene rings is 1. The second-order valence-corrected chi connectivity index (χ2v) is 8.04. The SMILES string of the molecule is COc1ccc2c3c([nH]c2c1)[C@@H](CO)NCC31CN(C(=O)C2CCC2)C1. The van der Waals surface area contributed by atoms with Gasteiger partial charge >= 0.3 is 0 Å². The number of aliphatic hydroxyl groups excluding tert-OH is 1. The molecule has 1 saturated carbocycles. The number of hydrogen-bond donors (Lipinski definition) is 3. The number of aliphatic hydroxyl groups is 1. The fourth-order valence-corrected chi connectivity index (χ4v) is 4.85. The summed E-state index contributed by atoms with van der Waals surface area (Å²) in [6.45, 7) is 2.37. The van der Waals surface area contributed by atoms with Gasteiger partial charge in [0.15, 0.2) is 0 Å². The van der Waals surface area contributed by atoms with Crippen molar-refractivity contribution < 1.29 is 14.6 Å². The highest BCUT2D eigenvalue weighted by Gasteiger charge is 2.52. The zero-order valence-electron chi connectivity index (χ0n) is 15.0. The zero-order chi connectivity index (χ0) is 17.9. The highest BCUT2D eigenvalue weighted by atomic mass is 16.5. The summed E-state index contributed by atoms with van der Waals surface area (Å²) in [6, 6.07) is 5.99. The molecule has 26 heavy (non-hydrogen) atoms. The molecular weight excluding hydrogens is 330 g/mol. The van der Waals surface area contributed by atoms with Crippen LogP contribution in [0.15, 0.2) is 18.2 Å². The Morgan fingerprint density at radius 3 is 2.85 bits per heavy atom. The number of fused-ring (bicyclic) bond motifs is 4. The van der Waals surface area contributed by atoms with E-state index in [1.54, 1.807) is 7.11 Å². The number of ether oxygens (including phenoxy) is 1. The van der Waals surface area contributed by atoms with E-state index in [9.17, 15) is 9.90 Å². The summed E-state index contributed by atoms with van der Waals surface area (Å²) in [4.78, 5) is 18.1. The van der Waals surface area contributed by atoms with Gasteiger partial charge in [0.25, 0.3) is 0 Å². The summed E-state index contributed by atoms with van der Waals surface area (Å²) in [5, 5.41) is 14.5. The Labute approximate surface area is 152 Å². The van der Waals surface area contributed by atoms with Crippen molar-refractivity contribution in [1.29, 1.82) is 0 Å². The first-order chi connectivity index (χ1) is 12.6. The number of carbonyl (C=O) groups excluding carboxylic acids is 1. The lowest BCUT2D eigenvalue weighted by molar-refractivity contribution is -0.146. The third kappa shape index (κ3) is 2.15. The number of rotatable bonds is 3. The molecule has 1 amide bonds. The van der Waals surface area contributed by atoms with Crippen LogP contribution < -0.4 is 10.1 Å². The third-order valence-corrected chi connectivity index (χ3v) is 6.54. The molecule has 1 aliphatic carbocycles. The van der Waals surface area contributed by atoms with Crippen molar-refractivity contribution >= 4 is 16.8 Å². The summed E-state index contributed by atoms with van der Waals surface area (Å²) in [6.07, 6.45) is 3.28. The molecular formula is C20H25N3O3. The topological polar surface area (TPSA) is 77.6 Å². The van der Waals surface area contributed by atoms with Crippen LogP contribution in [0.2, 0.25) is 0 Å². The van der Waals surface area contributed by atoms with Crippen molar-refractivity contribution in [3.05, 3.63) is 29.5 Å². The standard InChI is InChI=1S/C20H25N3O3/c1-26-13-5-6-14-15(7-13)22-18-16(8-24)21-9-20(17(14)18)10-23(11-20)19(25)12-3-2-4-12/h5-7,12,16,21-22,24H,2-4,8-11H2,1H3/t16-/m1/s1. The quantitative estimate of drug-likeness (QED) is 0.783. The van der Waals surface area contributed by atoms with Crippen molar-refractivity contribution in [3.63, 3.8) is 0 Å². The molecule has 2 aliphatic heterocycles. The number of nitrogens with zero attached hydrogens (tertiary/aromatic N) is 1. The van der Waals surface area contributed by atoms with E-state index in [1.807, 2.05) is 17.0 Å². The third-order valence-electron chi connectivity index (χ3n) is 6.54. The number of H-pyrrole nitrogens is 1. The van der Waals surface area contributed by atoms with E-state index in [2.05, 4.69) is 16.4 Å². The van der Waals surface area contributed by atoms with Crippen LogP contribution in [0.1, 0.15) is 36.6 Å². The molecule has 5 rings (SSSR count). The molecule has 1 spiro atoms. The maximum atomic E-state index is 12.6. The summed E-state index contributed by atoms with van der Waals surface area (Å²) in [5.41, 5.74) is 3.29. The zero-order valence-corrected chi connectivity index (χ0v) is 15.0. The van der Waals surface area contributed by atoms with Gasteiger partial charge in [-0.3, -0.25) is 4.79 Å². The molecule has 1 aromatic heterocycles. The van der Waals surface area contributed by atoms with Crippen LogP contribution in [0.25, 0.3) is 10.9 Å². The summed E-state index contributed by atoms with van der Waals surface area (Å²) >= 11 is 0. The molecule has 138 valence electrons. The highest BCUT2D eigenvalue weighted by molar-refractivity contribution is 5.89. The number of aromatic nitrogens is 1. The predicted molar refractivity (Wildman–Crippen MR) is 98.3 cm³/mol. The lowest BCUT2D eigenvalue weighted by atomic mass is 9.68. The molecule has 3 heterocycles. The Balaban J connectivity index is 1.53. The van der Waals surface area contributed by atoms with Crippen LogP contribution in [0.5, 0.6) is 5.75 Å². The first kappa shape index (κ1) is 16.1. The Kier molecular flexibility index (Phi) is 3.56. The van der Waals surface area contributed by atoms with Crippen LogP contribution >= 0.6 is 0 Å². The van der Waals surface area contributed by atoms with Gasteiger partial charge in [0.1, 0.15) is 5.75 Å². The van der Waals surface area contributed by atoms with Crippen LogP contribution in [0, 0.1) is 5.92 Å². The molecule has 0 bridgehead atoms. The van der Waals surface area contributed by atoms with Crippen molar-refractivity contribution in [2.75, 3.05) is 33.4 Å². The molecule has 2 aromatic rings. The van der Waals surface area contributed by atoms with Crippen LogP contribution in [-0.4, -0.2) is 54.2 Å². The van der Waals surface area contributed by atoms with E-state index in [-0.39, 0.29) is 24.0 Å². The number of hydrogen-bond acceptors (Lipinski definition) is 4. The van der Waals surface area contributed by atoms with Crippen LogP contribution in [0.3, 0.4) is 0 Å². The molecule has 3 aliphatic rings. The summed E-state index contributed by atoms with van der Waals surface area (Å²) in [5.74, 6) is 1.39. The molecule has 0 unspecified atom stereocenters. The molecule has 2 fully saturated rings. The Hall–Kier alpha value is -2.05. The van der Waals surface area contributed by atoms with E-state index >= 15 is 0 Å². The van der Waals surface area contributed by atoms with Gasteiger partial charge in [-0.2, -0.15) is 0 Å². The monoisotopic (exact) mass is 355 g/mol. The largest absolute Gasteiger partial charge is 0.497 e. The van der Waals surface area contributed by atoms with Gasteiger partial charge in [-0.25, -0.2) is 0 Å². The number of likely N-dealkylation sites (tertiary alicyclic amines) is 1. The maximum absolute atomic E-state index is 12.6. The molecule has 6 nitrogen and oxygen atoms in total. The number of methoxy groups -OCH3 is 1. The Morgan fingerprint density at radius 2 is 2.19 bits per heavy atom. The number of carbonyl (C=O) groups is 1. The van der Waals surface area contributed by atoms with Gasteiger partial charge in [-0.05, 0) is 30.5 Å². The van der Waals surface area contributed by atoms with E-state index in [1.165, 1.54) is 17.4 Å². The predicted octanol–water partition coefficient (Wildman–Crippen LogP) is 1.69. The average Bonchev–Trinajstić information content (AvgIpc) is 2.96. The highest BCUT2D eigenvalue weighted by Crippen LogP contribution is 2.46. The van der Waals surface area contributed by atoms with Crippen molar-refractivity contribution in [2.45, 2.75) is 30.7 Å². The lowest BCUT2D eigenvalue weighted by Crippen LogP contribution is -2.68. The van der Waals surface area contributed by atoms with Gasteiger partial charge in [-0.15, -0.1) is 0 Å². The van der Waals surface area contributed by atoms with Gasteiger partial charge < -0.3 is 25.0 Å². The summed E-state index contributed by atoms with van der Waals surface area (Å²) in [7, 11) is 1.67. The first-order valence-corrected chi connectivity index (χ1v) is 9.48. The van der Waals surface area contributed by atoms with E-state index < -0.39 is 0 Å². The number of nitrogens with one attached hydrogen (secondary N) is 2. The van der Waals surface area contributed by atoms with Gasteiger partial charge in [-0.1, -0.05) is 6.42 Å². The van der Waals surface area contributed by atoms with Crippen LogP contribution in [0.4, 0.5) is 0 Å². The molecule has 0 radical (unpaired) electrons. The molecule has 1 saturated heterocycles. The van der Waals surface area contributed by atoms with E-state index in [4.69, 9.17) is 4.74 Å².